The Morgan fingerprint density at radius 3 is 2.42 bits per heavy atom. The van der Waals surface area contributed by atoms with Crippen molar-refractivity contribution >= 4 is 23.5 Å². The molecule has 0 aliphatic carbocycles. The molecule has 6 nitrogen and oxygen atoms in total. The maximum atomic E-state index is 5.86. The summed E-state index contributed by atoms with van der Waals surface area (Å²) in [7, 11) is 5.86. The molecule has 0 aliphatic heterocycles. The number of anilines is 2. The number of aromatic nitrogens is 3. The van der Waals surface area contributed by atoms with Crippen LogP contribution in [0.2, 0.25) is 5.28 Å². The summed E-state index contributed by atoms with van der Waals surface area (Å²) in [6, 6.07) is 0.562. The lowest BCUT2D eigenvalue weighted by Crippen LogP contribution is -2.28. The number of hydrogen-bond acceptors (Lipinski definition) is 6. The average Bonchev–Trinajstić information content (AvgIpc) is 2.33. The maximum absolute atomic E-state index is 5.86. The van der Waals surface area contributed by atoms with Crippen molar-refractivity contribution in [3.63, 3.8) is 0 Å². The SMILES string of the molecule is CC(C)N(C)CCCNc1nc(Cl)nc(N(C)C)n1. The summed E-state index contributed by atoms with van der Waals surface area (Å²) in [4.78, 5) is 16.5. The third-order valence-electron chi connectivity index (χ3n) is 2.85. The van der Waals surface area contributed by atoms with Gasteiger partial charge in [-0.2, -0.15) is 15.0 Å². The van der Waals surface area contributed by atoms with Crippen LogP contribution in [0.25, 0.3) is 0 Å². The highest BCUT2D eigenvalue weighted by atomic mass is 35.5. The van der Waals surface area contributed by atoms with Gasteiger partial charge in [0.1, 0.15) is 0 Å². The highest BCUT2D eigenvalue weighted by molar-refractivity contribution is 6.28. The maximum Gasteiger partial charge on any atom is 0.230 e. The summed E-state index contributed by atoms with van der Waals surface area (Å²) in [5.41, 5.74) is 0. The van der Waals surface area contributed by atoms with Crippen molar-refractivity contribution < 1.29 is 0 Å². The lowest BCUT2D eigenvalue weighted by atomic mass is 10.3. The molecule has 1 rings (SSSR count). The van der Waals surface area contributed by atoms with Crippen molar-refractivity contribution in [3.05, 3.63) is 5.28 Å². The van der Waals surface area contributed by atoms with Gasteiger partial charge in [-0.1, -0.05) is 0 Å². The molecule has 1 aromatic heterocycles. The van der Waals surface area contributed by atoms with Gasteiger partial charge in [0.15, 0.2) is 0 Å². The second-order valence-corrected chi connectivity index (χ2v) is 5.32. The van der Waals surface area contributed by atoms with E-state index in [0.717, 1.165) is 19.5 Å². The Morgan fingerprint density at radius 1 is 1.16 bits per heavy atom. The first-order valence-corrected chi connectivity index (χ1v) is 6.81. The molecule has 0 radical (unpaired) electrons. The Balaban J connectivity index is 2.45. The molecular formula is C12H23ClN6. The number of hydrogen-bond donors (Lipinski definition) is 1. The zero-order valence-corrected chi connectivity index (χ0v) is 13.1. The molecule has 0 aliphatic rings. The van der Waals surface area contributed by atoms with Gasteiger partial charge in [0, 0.05) is 26.7 Å². The Hall–Kier alpha value is -1.14. The van der Waals surface area contributed by atoms with Crippen molar-refractivity contribution in [2.24, 2.45) is 0 Å². The van der Waals surface area contributed by atoms with Gasteiger partial charge in [0.05, 0.1) is 0 Å². The molecular weight excluding hydrogens is 264 g/mol. The number of rotatable bonds is 7. The number of halogens is 1. The van der Waals surface area contributed by atoms with E-state index in [2.05, 4.69) is 46.1 Å². The molecule has 0 unspecified atom stereocenters. The molecule has 19 heavy (non-hydrogen) atoms. The molecule has 1 N–H and O–H groups in total. The summed E-state index contributed by atoms with van der Waals surface area (Å²) < 4.78 is 0. The first-order chi connectivity index (χ1) is 8.90. The van der Waals surface area contributed by atoms with E-state index in [1.54, 1.807) is 4.90 Å². The molecule has 1 heterocycles. The zero-order chi connectivity index (χ0) is 14.4. The van der Waals surface area contributed by atoms with E-state index in [1.807, 2.05) is 14.1 Å². The number of nitrogens with zero attached hydrogens (tertiary/aromatic N) is 5. The molecule has 0 spiro atoms. The van der Waals surface area contributed by atoms with Crippen LogP contribution >= 0.6 is 11.6 Å². The summed E-state index contributed by atoms with van der Waals surface area (Å²) >= 11 is 5.86. The summed E-state index contributed by atoms with van der Waals surface area (Å²) in [6.45, 7) is 6.21. The van der Waals surface area contributed by atoms with Crippen LogP contribution < -0.4 is 10.2 Å². The van der Waals surface area contributed by atoms with Crippen LogP contribution in [0.5, 0.6) is 0 Å². The van der Waals surface area contributed by atoms with Crippen LogP contribution in [-0.4, -0.2) is 60.1 Å². The van der Waals surface area contributed by atoms with Gasteiger partial charge in [-0.05, 0) is 45.5 Å². The van der Waals surface area contributed by atoms with Gasteiger partial charge >= 0.3 is 0 Å². The second kappa shape index (κ2) is 7.45. The van der Waals surface area contributed by atoms with Crippen molar-refractivity contribution in [2.75, 3.05) is 44.4 Å². The van der Waals surface area contributed by atoms with Crippen LogP contribution in [0.4, 0.5) is 11.9 Å². The molecule has 0 bridgehead atoms. The Labute approximate surface area is 120 Å². The Bertz CT molecular complexity index is 396. The van der Waals surface area contributed by atoms with Gasteiger partial charge < -0.3 is 15.1 Å². The minimum absolute atomic E-state index is 0.209. The van der Waals surface area contributed by atoms with Gasteiger partial charge in [0.25, 0.3) is 0 Å². The van der Waals surface area contributed by atoms with Crippen molar-refractivity contribution in [1.82, 2.24) is 19.9 Å². The molecule has 0 amide bonds. The van der Waals surface area contributed by atoms with Crippen molar-refractivity contribution in [1.29, 1.82) is 0 Å². The van der Waals surface area contributed by atoms with Crippen molar-refractivity contribution in [2.45, 2.75) is 26.3 Å². The van der Waals surface area contributed by atoms with Crippen LogP contribution in [0.3, 0.4) is 0 Å². The lowest BCUT2D eigenvalue weighted by molar-refractivity contribution is 0.273. The highest BCUT2D eigenvalue weighted by Gasteiger charge is 2.06. The quantitative estimate of drug-likeness (QED) is 0.771. The summed E-state index contributed by atoms with van der Waals surface area (Å²) in [6.07, 6.45) is 1.02. The van der Waals surface area contributed by atoms with Gasteiger partial charge in [-0.15, -0.1) is 0 Å². The van der Waals surface area contributed by atoms with E-state index in [9.17, 15) is 0 Å². The van der Waals surface area contributed by atoms with E-state index < -0.39 is 0 Å². The van der Waals surface area contributed by atoms with E-state index >= 15 is 0 Å². The molecule has 0 atom stereocenters. The van der Waals surface area contributed by atoms with E-state index in [1.165, 1.54) is 0 Å². The predicted molar refractivity (Wildman–Crippen MR) is 80.0 cm³/mol. The number of nitrogens with one attached hydrogen (secondary N) is 1. The predicted octanol–water partition coefficient (Wildman–Crippen LogP) is 1.73. The topological polar surface area (TPSA) is 57.2 Å². The first-order valence-electron chi connectivity index (χ1n) is 6.43. The van der Waals surface area contributed by atoms with Gasteiger partial charge in [-0.3, -0.25) is 0 Å². The molecule has 108 valence electrons. The summed E-state index contributed by atoms with van der Waals surface area (Å²) in [5.74, 6) is 1.08. The third-order valence-corrected chi connectivity index (χ3v) is 3.02. The Morgan fingerprint density at radius 2 is 1.84 bits per heavy atom. The minimum atomic E-state index is 0.209. The largest absolute Gasteiger partial charge is 0.354 e. The fourth-order valence-electron chi connectivity index (χ4n) is 1.41. The molecule has 0 fully saturated rings. The third kappa shape index (κ3) is 5.57. The minimum Gasteiger partial charge on any atom is -0.354 e. The molecule has 0 saturated heterocycles. The monoisotopic (exact) mass is 286 g/mol. The van der Waals surface area contributed by atoms with Crippen LogP contribution in [0.1, 0.15) is 20.3 Å². The van der Waals surface area contributed by atoms with Gasteiger partial charge in [-0.25, -0.2) is 0 Å². The lowest BCUT2D eigenvalue weighted by Gasteiger charge is -2.20. The Kier molecular flexibility index (Phi) is 6.24. The smallest absolute Gasteiger partial charge is 0.230 e. The fraction of sp³-hybridized carbons (Fsp3) is 0.750. The molecule has 0 aromatic carbocycles. The molecule has 7 heteroatoms. The summed E-state index contributed by atoms with van der Waals surface area (Å²) in [5, 5.41) is 3.38. The van der Waals surface area contributed by atoms with E-state index in [4.69, 9.17) is 11.6 Å². The standard InChI is InChI=1S/C12H23ClN6/c1-9(2)19(5)8-6-7-14-11-15-10(13)16-12(17-11)18(3)4/h9H,6-8H2,1-5H3,(H,14,15,16,17). The average molecular weight is 287 g/mol. The fourth-order valence-corrected chi connectivity index (χ4v) is 1.56. The van der Waals surface area contributed by atoms with Gasteiger partial charge in [0.2, 0.25) is 17.2 Å². The van der Waals surface area contributed by atoms with Crippen molar-refractivity contribution in [3.8, 4) is 0 Å². The van der Waals surface area contributed by atoms with Crippen LogP contribution in [-0.2, 0) is 0 Å². The first kappa shape index (κ1) is 15.9. The molecule has 0 saturated carbocycles. The second-order valence-electron chi connectivity index (χ2n) is 4.98. The van der Waals surface area contributed by atoms with E-state index in [0.29, 0.717) is 17.9 Å². The zero-order valence-electron chi connectivity index (χ0n) is 12.3. The van der Waals surface area contributed by atoms with E-state index in [-0.39, 0.29) is 5.28 Å². The normalized spacial score (nSPS) is 11.2. The highest BCUT2D eigenvalue weighted by Crippen LogP contribution is 2.11. The van der Waals surface area contributed by atoms with Crippen LogP contribution in [0, 0.1) is 0 Å². The van der Waals surface area contributed by atoms with Crippen LogP contribution in [0.15, 0.2) is 0 Å². The molecule has 1 aromatic rings.